The van der Waals surface area contributed by atoms with Crippen LogP contribution in [0.4, 0.5) is 0 Å². The predicted molar refractivity (Wildman–Crippen MR) is 75.5 cm³/mol. The van der Waals surface area contributed by atoms with Crippen LogP contribution in [0.5, 0.6) is 0 Å². The van der Waals surface area contributed by atoms with Crippen LogP contribution in [-0.4, -0.2) is 49.6 Å². The zero-order chi connectivity index (χ0) is 15.1. The Balaban J connectivity index is 2.06. The van der Waals surface area contributed by atoms with E-state index in [4.69, 9.17) is 10.00 Å². The van der Waals surface area contributed by atoms with Gasteiger partial charge in [0.25, 0.3) is 5.91 Å². The monoisotopic (exact) mass is 287 g/mol. The molecule has 0 atom stereocenters. The van der Waals surface area contributed by atoms with Gasteiger partial charge in [0.15, 0.2) is 0 Å². The van der Waals surface area contributed by atoms with Crippen LogP contribution in [0.2, 0.25) is 0 Å². The normalized spacial score (nSPS) is 16.7. The number of hydrogen-bond acceptors (Lipinski definition) is 4. The fourth-order valence-electron chi connectivity index (χ4n) is 2.05. The summed E-state index contributed by atoms with van der Waals surface area (Å²) >= 11 is 0. The van der Waals surface area contributed by atoms with Crippen molar-refractivity contribution in [1.29, 1.82) is 5.26 Å². The summed E-state index contributed by atoms with van der Waals surface area (Å²) in [5, 5.41) is 11.5. The molecule has 0 aliphatic carbocycles. The summed E-state index contributed by atoms with van der Waals surface area (Å²) < 4.78 is 5.36. The number of nitrogens with zero attached hydrogens (tertiary/aromatic N) is 2. The van der Waals surface area contributed by atoms with E-state index in [0.29, 0.717) is 44.0 Å². The highest BCUT2D eigenvalue weighted by atomic mass is 16.5. The molecule has 1 aliphatic heterocycles. The summed E-state index contributed by atoms with van der Waals surface area (Å²) in [5.41, 5.74) is 1.02. The topological polar surface area (TPSA) is 82.4 Å². The average molecular weight is 287 g/mol. The first-order valence-corrected chi connectivity index (χ1v) is 6.84. The number of benzene rings is 1. The van der Waals surface area contributed by atoms with Gasteiger partial charge >= 0.3 is 0 Å². The van der Waals surface area contributed by atoms with E-state index in [-0.39, 0.29) is 18.2 Å². The second kappa shape index (κ2) is 7.41. The Bertz CT molecular complexity index is 548. The molecule has 2 amide bonds. The Labute approximate surface area is 123 Å². The third kappa shape index (κ3) is 4.29. The predicted octanol–water partition coefficient (Wildman–Crippen LogP) is 0.537. The average Bonchev–Trinajstić information content (AvgIpc) is 2.53. The second-order valence-corrected chi connectivity index (χ2v) is 4.69. The number of ether oxygens (including phenoxy) is 1. The van der Waals surface area contributed by atoms with Crippen molar-refractivity contribution in [2.75, 3.05) is 32.8 Å². The van der Waals surface area contributed by atoms with E-state index in [1.54, 1.807) is 29.2 Å². The highest BCUT2D eigenvalue weighted by Crippen LogP contribution is 2.08. The van der Waals surface area contributed by atoms with Crippen LogP contribution < -0.4 is 5.32 Å². The number of hydrogen-bond donors (Lipinski definition) is 1. The molecule has 1 N–H and O–H groups in total. The van der Waals surface area contributed by atoms with Crippen LogP contribution >= 0.6 is 0 Å². The molecule has 1 aliphatic rings. The summed E-state index contributed by atoms with van der Waals surface area (Å²) in [7, 11) is 0. The van der Waals surface area contributed by atoms with Gasteiger partial charge in [0.05, 0.1) is 24.8 Å². The zero-order valence-electron chi connectivity index (χ0n) is 11.7. The highest BCUT2D eigenvalue weighted by molar-refractivity contribution is 5.94. The number of rotatable bonds is 1. The molecule has 0 saturated carbocycles. The summed E-state index contributed by atoms with van der Waals surface area (Å²) in [5.74, 6) is -0.241. The van der Waals surface area contributed by atoms with Gasteiger partial charge in [-0.05, 0) is 24.3 Å². The molecule has 1 fully saturated rings. The van der Waals surface area contributed by atoms with Gasteiger partial charge in [-0.3, -0.25) is 9.59 Å². The molecule has 0 radical (unpaired) electrons. The lowest BCUT2D eigenvalue weighted by atomic mass is 10.1. The zero-order valence-corrected chi connectivity index (χ0v) is 11.7. The van der Waals surface area contributed by atoms with Crippen LogP contribution in [0, 0.1) is 11.3 Å². The second-order valence-electron chi connectivity index (χ2n) is 4.69. The van der Waals surface area contributed by atoms with Crippen molar-refractivity contribution < 1.29 is 14.3 Å². The molecule has 1 heterocycles. The largest absolute Gasteiger partial charge is 0.378 e. The molecule has 2 rings (SSSR count). The number of nitrogens with one attached hydrogen (secondary N) is 1. The van der Waals surface area contributed by atoms with Gasteiger partial charge in [-0.2, -0.15) is 5.26 Å². The number of amides is 2. The van der Waals surface area contributed by atoms with Crippen molar-refractivity contribution in [3.63, 3.8) is 0 Å². The molecule has 0 unspecified atom stereocenters. The van der Waals surface area contributed by atoms with E-state index in [1.807, 2.05) is 6.07 Å². The number of carbonyl (C=O) groups excluding carboxylic acids is 2. The number of nitriles is 1. The molecular formula is C15H17N3O3. The van der Waals surface area contributed by atoms with E-state index < -0.39 is 0 Å². The first-order valence-electron chi connectivity index (χ1n) is 6.84. The van der Waals surface area contributed by atoms with Crippen molar-refractivity contribution in [3.05, 3.63) is 35.4 Å². The van der Waals surface area contributed by atoms with E-state index in [2.05, 4.69) is 5.32 Å². The van der Waals surface area contributed by atoms with E-state index in [1.165, 1.54) is 0 Å². The molecule has 1 saturated heterocycles. The van der Waals surface area contributed by atoms with Crippen LogP contribution in [-0.2, 0) is 9.53 Å². The maximum absolute atomic E-state index is 12.4. The molecule has 0 spiro atoms. The Hall–Kier alpha value is -2.39. The molecular weight excluding hydrogens is 270 g/mol. The van der Waals surface area contributed by atoms with Crippen molar-refractivity contribution in [2.24, 2.45) is 0 Å². The standard InChI is InChI=1S/C15H17N3O3/c16-11-12-1-3-13(4-2-12)15(20)18-7-5-14(19)17-6-9-21-10-8-18/h1-4H,5-10H2,(H,17,19). The smallest absolute Gasteiger partial charge is 0.253 e. The fraction of sp³-hybridized carbons (Fsp3) is 0.400. The van der Waals surface area contributed by atoms with Crippen molar-refractivity contribution in [2.45, 2.75) is 6.42 Å². The molecule has 0 bridgehead atoms. The van der Waals surface area contributed by atoms with Gasteiger partial charge < -0.3 is 15.0 Å². The van der Waals surface area contributed by atoms with Crippen LogP contribution in [0.25, 0.3) is 0 Å². The van der Waals surface area contributed by atoms with Gasteiger partial charge in [-0.1, -0.05) is 0 Å². The van der Waals surface area contributed by atoms with Gasteiger partial charge in [-0.15, -0.1) is 0 Å². The highest BCUT2D eigenvalue weighted by Gasteiger charge is 2.17. The Morgan fingerprint density at radius 1 is 1.24 bits per heavy atom. The first-order chi connectivity index (χ1) is 10.2. The summed E-state index contributed by atoms with van der Waals surface area (Å²) in [4.78, 5) is 25.6. The molecule has 1 aromatic carbocycles. The minimum absolute atomic E-state index is 0.0851. The van der Waals surface area contributed by atoms with Crippen LogP contribution in [0.1, 0.15) is 22.3 Å². The van der Waals surface area contributed by atoms with Crippen molar-refractivity contribution >= 4 is 11.8 Å². The van der Waals surface area contributed by atoms with Gasteiger partial charge in [0.2, 0.25) is 5.91 Å². The van der Waals surface area contributed by atoms with Gasteiger partial charge in [-0.25, -0.2) is 0 Å². The lowest BCUT2D eigenvalue weighted by molar-refractivity contribution is -0.121. The Kier molecular flexibility index (Phi) is 5.29. The number of carbonyl (C=O) groups is 2. The Morgan fingerprint density at radius 3 is 2.71 bits per heavy atom. The van der Waals surface area contributed by atoms with E-state index >= 15 is 0 Å². The molecule has 6 heteroatoms. The SMILES string of the molecule is N#Cc1ccc(C(=O)N2CCOCCNC(=O)CC2)cc1. The Morgan fingerprint density at radius 2 is 2.00 bits per heavy atom. The third-order valence-corrected chi connectivity index (χ3v) is 3.23. The third-order valence-electron chi connectivity index (χ3n) is 3.23. The van der Waals surface area contributed by atoms with Crippen LogP contribution in [0.3, 0.4) is 0 Å². The molecule has 110 valence electrons. The lowest BCUT2D eigenvalue weighted by Crippen LogP contribution is -2.39. The summed E-state index contributed by atoms with van der Waals surface area (Å²) in [6.45, 7) is 2.20. The van der Waals surface area contributed by atoms with Gasteiger partial charge in [0, 0.05) is 31.6 Å². The minimum Gasteiger partial charge on any atom is -0.378 e. The summed E-state index contributed by atoms with van der Waals surface area (Å²) in [6.07, 6.45) is 0.280. The minimum atomic E-state index is -0.156. The first kappa shape index (κ1) is 15.0. The van der Waals surface area contributed by atoms with Crippen molar-refractivity contribution in [3.8, 4) is 6.07 Å². The van der Waals surface area contributed by atoms with Crippen molar-refractivity contribution in [1.82, 2.24) is 10.2 Å². The molecule has 21 heavy (non-hydrogen) atoms. The molecule has 0 aromatic heterocycles. The van der Waals surface area contributed by atoms with E-state index in [0.717, 1.165) is 0 Å². The quantitative estimate of drug-likeness (QED) is 0.817. The maximum Gasteiger partial charge on any atom is 0.253 e. The molecule has 6 nitrogen and oxygen atoms in total. The molecule has 1 aromatic rings. The maximum atomic E-state index is 12.4. The lowest BCUT2D eigenvalue weighted by Gasteiger charge is -2.24. The fourth-order valence-corrected chi connectivity index (χ4v) is 2.05. The van der Waals surface area contributed by atoms with E-state index in [9.17, 15) is 9.59 Å². The van der Waals surface area contributed by atoms with Crippen LogP contribution in [0.15, 0.2) is 24.3 Å². The van der Waals surface area contributed by atoms with Gasteiger partial charge in [0.1, 0.15) is 0 Å². The summed E-state index contributed by atoms with van der Waals surface area (Å²) in [6, 6.07) is 8.48.